The zero-order valence-electron chi connectivity index (χ0n) is 12.8. The smallest absolute Gasteiger partial charge is 0.141 e. The lowest BCUT2D eigenvalue weighted by molar-refractivity contribution is 0.131. The normalized spacial score (nSPS) is 12.6. The van der Waals surface area contributed by atoms with E-state index < -0.39 is 0 Å². The molecule has 1 atom stereocenters. The number of hydrogen-bond donors (Lipinski definition) is 0. The van der Waals surface area contributed by atoms with Crippen LogP contribution in [-0.4, -0.2) is 17.1 Å². The molecule has 0 saturated carbocycles. The van der Waals surface area contributed by atoms with Crippen LogP contribution in [0.25, 0.3) is 21.7 Å². The zero-order chi connectivity index (χ0) is 15.6. The van der Waals surface area contributed by atoms with E-state index in [9.17, 15) is 0 Å². The first-order valence-corrected chi connectivity index (χ1v) is 7.59. The maximum atomic E-state index is 5.75. The molecule has 0 aliphatic heterocycles. The summed E-state index contributed by atoms with van der Waals surface area (Å²) in [7, 11) is 1.70. The van der Waals surface area contributed by atoms with E-state index in [1.165, 1.54) is 0 Å². The Hall–Kier alpha value is -2.78. The summed E-state index contributed by atoms with van der Waals surface area (Å²) < 4.78 is 5.75. The third-order valence-electron chi connectivity index (χ3n) is 4.08. The molecule has 0 fully saturated rings. The Balaban J connectivity index is 1.89. The molecule has 0 N–H and O–H groups in total. The van der Waals surface area contributed by atoms with Crippen molar-refractivity contribution in [1.82, 2.24) is 9.97 Å². The molecule has 4 aromatic rings. The van der Waals surface area contributed by atoms with Gasteiger partial charge in [0, 0.05) is 24.1 Å². The van der Waals surface area contributed by atoms with Crippen molar-refractivity contribution < 1.29 is 4.74 Å². The van der Waals surface area contributed by atoms with Gasteiger partial charge in [0.25, 0.3) is 0 Å². The van der Waals surface area contributed by atoms with Gasteiger partial charge < -0.3 is 4.74 Å². The van der Waals surface area contributed by atoms with E-state index in [-0.39, 0.29) is 6.10 Å². The van der Waals surface area contributed by atoms with Gasteiger partial charge in [-0.1, -0.05) is 48.5 Å². The van der Waals surface area contributed by atoms with Gasteiger partial charge in [-0.25, -0.2) is 4.98 Å². The molecule has 0 saturated heterocycles. The minimum absolute atomic E-state index is 0.286. The number of fused-ring (bicyclic) bond motifs is 2. The summed E-state index contributed by atoms with van der Waals surface area (Å²) in [6, 6.07) is 22.4. The Kier molecular flexibility index (Phi) is 3.48. The SMILES string of the molecule is COC(c1ccc2ccccc2n1)c1nccc2ccccc12. The van der Waals surface area contributed by atoms with Crippen LogP contribution in [0.5, 0.6) is 0 Å². The molecule has 0 aliphatic rings. The van der Waals surface area contributed by atoms with Gasteiger partial charge in [0.05, 0.1) is 16.9 Å². The number of rotatable bonds is 3. The summed E-state index contributed by atoms with van der Waals surface area (Å²) >= 11 is 0. The molecule has 0 amide bonds. The lowest BCUT2D eigenvalue weighted by Gasteiger charge is -2.17. The molecule has 4 rings (SSSR count). The number of ether oxygens (including phenoxy) is 1. The lowest BCUT2D eigenvalue weighted by Crippen LogP contribution is -2.08. The molecule has 0 radical (unpaired) electrons. The van der Waals surface area contributed by atoms with Gasteiger partial charge in [-0.2, -0.15) is 0 Å². The van der Waals surface area contributed by atoms with Crippen LogP contribution in [0.2, 0.25) is 0 Å². The van der Waals surface area contributed by atoms with Crippen LogP contribution in [-0.2, 0) is 4.74 Å². The van der Waals surface area contributed by atoms with Gasteiger partial charge in [0.15, 0.2) is 0 Å². The average molecular weight is 300 g/mol. The molecular weight excluding hydrogens is 284 g/mol. The summed E-state index contributed by atoms with van der Waals surface area (Å²) in [5, 5.41) is 3.37. The molecule has 1 unspecified atom stereocenters. The Morgan fingerprint density at radius 1 is 0.826 bits per heavy atom. The van der Waals surface area contributed by atoms with Gasteiger partial charge in [0.2, 0.25) is 0 Å². The third kappa shape index (κ3) is 2.45. The van der Waals surface area contributed by atoms with Gasteiger partial charge in [0.1, 0.15) is 6.10 Å². The highest BCUT2D eigenvalue weighted by atomic mass is 16.5. The van der Waals surface area contributed by atoms with E-state index in [4.69, 9.17) is 9.72 Å². The van der Waals surface area contributed by atoms with Crippen LogP contribution < -0.4 is 0 Å². The van der Waals surface area contributed by atoms with Crippen molar-refractivity contribution in [3.63, 3.8) is 0 Å². The van der Waals surface area contributed by atoms with E-state index >= 15 is 0 Å². The minimum Gasteiger partial charge on any atom is -0.369 e. The zero-order valence-corrected chi connectivity index (χ0v) is 12.8. The molecule has 112 valence electrons. The van der Waals surface area contributed by atoms with Crippen LogP contribution in [0.1, 0.15) is 17.5 Å². The van der Waals surface area contributed by atoms with Crippen LogP contribution in [0.3, 0.4) is 0 Å². The maximum Gasteiger partial charge on any atom is 0.141 e. The maximum absolute atomic E-state index is 5.75. The van der Waals surface area contributed by atoms with Crippen LogP contribution >= 0.6 is 0 Å². The van der Waals surface area contributed by atoms with Crippen molar-refractivity contribution in [2.75, 3.05) is 7.11 Å². The van der Waals surface area contributed by atoms with Crippen LogP contribution in [0, 0.1) is 0 Å². The molecule has 2 aromatic heterocycles. The second-order valence-electron chi connectivity index (χ2n) is 5.46. The van der Waals surface area contributed by atoms with Gasteiger partial charge >= 0.3 is 0 Å². The number of pyridine rings is 2. The predicted molar refractivity (Wildman–Crippen MR) is 92.3 cm³/mol. The summed E-state index contributed by atoms with van der Waals surface area (Å²) in [6.45, 7) is 0. The second-order valence-corrected chi connectivity index (χ2v) is 5.46. The molecule has 0 spiro atoms. The van der Waals surface area contributed by atoms with Crippen molar-refractivity contribution in [1.29, 1.82) is 0 Å². The van der Waals surface area contributed by atoms with E-state index in [0.717, 1.165) is 33.1 Å². The Bertz CT molecular complexity index is 976. The molecule has 3 heteroatoms. The molecule has 2 heterocycles. The van der Waals surface area contributed by atoms with Crippen LogP contribution in [0.4, 0.5) is 0 Å². The topological polar surface area (TPSA) is 35.0 Å². The second kappa shape index (κ2) is 5.78. The third-order valence-corrected chi connectivity index (χ3v) is 4.08. The molecule has 3 nitrogen and oxygen atoms in total. The highest BCUT2D eigenvalue weighted by molar-refractivity contribution is 5.85. The molecule has 0 bridgehead atoms. The van der Waals surface area contributed by atoms with Crippen molar-refractivity contribution in [2.45, 2.75) is 6.10 Å². The first kappa shape index (κ1) is 13.9. The molecular formula is C20H16N2O. The highest BCUT2D eigenvalue weighted by Crippen LogP contribution is 2.29. The fourth-order valence-corrected chi connectivity index (χ4v) is 2.95. The van der Waals surface area contributed by atoms with Gasteiger partial charge in [-0.05, 0) is 23.6 Å². The van der Waals surface area contributed by atoms with Crippen LogP contribution in [0.15, 0.2) is 72.9 Å². The number of nitrogens with zero attached hydrogens (tertiary/aromatic N) is 2. The largest absolute Gasteiger partial charge is 0.369 e. The van der Waals surface area contributed by atoms with Crippen molar-refractivity contribution >= 4 is 21.7 Å². The van der Waals surface area contributed by atoms with Crippen molar-refractivity contribution in [2.24, 2.45) is 0 Å². The van der Waals surface area contributed by atoms with E-state index in [1.807, 2.05) is 48.7 Å². The van der Waals surface area contributed by atoms with Crippen molar-refractivity contribution in [3.8, 4) is 0 Å². The van der Waals surface area contributed by atoms with E-state index in [2.05, 4.69) is 29.2 Å². The molecule has 23 heavy (non-hydrogen) atoms. The lowest BCUT2D eigenvalue weighted by atomic mass is 10.0. The van der Waals surface area contributed by atoms with Crippen molar-refractivity contribution in [3.05, 3.63) is 84.3 Å². The Morgan fingerprint density at radius 3 is 2.48 bits per heavy atom. The Labute approximate surface area is 134 Å². The van der Waals surface area contributed by atoms with E-state index in [0.29, 0.717) is 0 Å². The summed E-state index contributed by atoms with van der Waals surface area (Å²) in [5.74, 6) is 0. The molecule has 2 aromatic carbocycles. The number of aromatic nitrogens is 2. The number of methoxy groups -OCH3 is 1. The van der Waals surface area contributed by atoms with Gasteiger partial charge in [-0.15, -0.1) is 0 Å². The average Bonchev–Trinajstić information content (AvgIpc) is 2.62. The first-order valence-electron chi connectivity index (χ1n) is 7.59. The quantitative estimate of drug-likeness (QED) is 0.558. The Morgan fingerprint density at radius 2 is 1.61 bits per heavy atom. The van der Waals surface area contributed by atoms with Gasteiger partial charge in [-0.3, -0.25) is 4.98 Å². The minimum atomic E-state index is -0.286. The summed E-state index contributed by atoms with van der Waals surface area (Å²) in [5.41, 5.74) is 2.73. The standard InChI is InChI=1S/C20H16N2O/c1-23-20(18-11-10-15-7-3-5-9-17(15)22-18)19-16-8-4-2-6-14(16)12-13-21-19/h2-13,20H,1H3. The van der Waals surface area contributed by atoms with E-state index in [1.54, 1.807) is 7.11 Å². The first-order chi connectivity index (χ1) is 11.4. The number of para-hydroxylation sites is 1. The molecule has 0 aliphatic carbocycles. The number of hydrogen-bond acceptors (Lipinski definition) is 3. The number of benzene rings is 2. The summed E-state index contributed by atoms with van der Waals surface area (Å²) in [6.07, 6.45) is 1.54. The monoisotopic (exact) mass is 300 g/mol. The summed E-state index contributed by atoms with van der Waals surface area (Å²) in [4.78, 5) is 9.33. The fraction of sp³-hybridized carbons (Fsp3) is 0.100. The highest BCUT2D eigenvalue weighted by Gasteiger charge is 2.19. The predicted octanol–water partition coefficient (Wildman–Crippen LogP) is 4.52. The fourth-order valence-electron chi connectivity index (χ4n) is 2.95.